The molecule has 1 aliphatic carbocycles. The lowest BCUT2D eigenvalue weighted by Gasteiger charge is -2.26. The van der Waals surface area contributed by atoms with Crippen LogP contribution in [-0.2, 0) is 5.41 Å². The number of halogens is 3. The van der Waals surface area contributed by atoms with Gasteiger partial charge < -0.3 is 16.4 Å². The molecule has 1 saturated heterocycles. The van der Waals surface area contributed by atoms with Crippen LogP contribution in [0.25, 0.3) is 22.4 Å². The summed E-state index contributed by atoms with van der Waals surface area (Å²) in [5.74, 6) is -0.438. The maximum absolute atomic E-state index is 14.7. The van der Waals surface area contributed by atoms with Crippen molar-refractivity contribution in [3.63, 3.8) is 0 Å². The predicted molar refractivity (Wildman–Crippen MR) is 125 cm³/mol. The van der Waals surface area contributed by atoms with Gasteiger partial charge in [0.1, 0.15) is 17.2 Å². The van der Waals surface area contributed by atoms with Crippen molar-refractivity contribution in [1.82, 2.24) is 25.1 Å². The van der Waals surface area contributed by atoms with E-state index in [1.807, 2.05) is 0 Å². The number of aromatic nitrogens is 5. The number of rotatable bonds is 4. The second-order valence-corrected chi connectivity index (χ2v) is 9.23. The van der Waals surface area contributed by atoms with Crippen molar-refractivity contribution in [3.05, 3.63) is 58.9 Å². The highest BCUT2D eigenvalue weighted by Gasteiger charge is 2.66. The van der Waals surface area contributed by atoms with Crippen molar-refractivity contribution in [2.45, 2.75) is 11.8 Å². The molecule has 11 heteroatoms. The van der Waals surface area contributed by atoms with Crippen LogP contribution in [0, 0.1) is 23.5 Å². The van der Waals surface area contributed by atoms with E-state index in [0.29, 0.717) is 51.9 Å². The molecule has 0 spiro atoms. The van der Waals surface area contributed by atoms with E-state index < -0.39 is 17.0 Å². The number of piperidine rings is 1. The van der Waals surface area contributed by atoms with Crippen molar-refractivity contribution < 1.29 is 8.78 Å². The maximum atomic E-state index is 14.7. The summed E-state index contributed by atoms with van der Waals surface area (Å²) in [5.41, 5.74) is 14.0. The molecule has 2 aliphatic rings. The molecule has 0 bridgehead atoms. The highest BCUT2D eigenvalue weighted by atomic mass is 35.5. The Morgan fingerprint density at radius 3 is 2.88 bits per heavy atom. The number of pyridine rings is 1. The first-order chi connectivity index (χ1) is 16.5. The Hall–Kier alpha value is -3.37. The van der Waals surface area contributed by atoms with E-state index in [0.717, 1.165) is 12.5 Å². The third kappa shape index (κ3) is 2.91. The van der Waals surface area contributed by atoms with Crippen LogP contribution >= 0.6 is 11.6 Å². The lowest BCUT2D eigenvalue weighted by molar-refractivity contribution is 0.472. The molecule has 34 heavy (non-hydrogen) atoms. The highest BCUT2D eigenvalue weighted by Crippen LogP contribution is 2.63. The van der Waals surface area contributed by atoms with Crippen molar-refractivity contribution in [2.24, 2.45) is 17.6 Å². The van der Waals surface area contributed by atoms with E-state index in [4.69, 9.17) is 28.1 Å². The molecular weight excluding hydrogens is 462 g/mol. The van der Waals surface area contributed by atoms with Gasteiger partial charge in [-0.05, 0) is 36.0 Å². The van der Waals surface area contributed by atoms with E-state index in [2.05, 4.69) is 25.1 Å². The average molecular weight is 483 g/mol. The minimum Gasteiger partial charge on any atom is -0.382 e. The van der Waals surface area contributed by atoms with Crippen LogP contribution in [0.1, 0.15) is 12.0 Å². The van der Waals surface area contributed by atoms with E-state index in [9.17, 15) is 8.78 Å². The zero-order valence-electron chi connectivity index (χ0n) is 18.0. The van der Waals surface area contributed by atoms with Gasteiger partial charge >= 0.3 is 0 Å². The van der Waals surface area contributed by atoms with Crippen molar-refractivity contribution in [1.29, 1.82) is 0 Å². The van der Waals surface area contributed by atoms with E-state index in [1.54, 1.807) is 30.6 Å². The Bertz CT molecular complexity index is 1430. The molecular formula is C23H21ClF2N8. The zero-order chi connectivity index (χ0) is 23.6. The summed E-state index contributed by atoms with van der Waals surface area (Å²) in [6, 6.07) is 6.07. The van der Waals surface area contributed by atoms with Crippen LogP contribution in [0.2, 0.25) is 5.02 Å². The van der Waals surface area contributed by atoms with Gasteiger partial charge in [0.05, 0.1) is 16.9 Å². The van der Waals surface area contributed by atoms with Gasteiger partial charge in [-0.1, -0.05) is 23.7 Å². The molecule has 0 unspecified atom stereocenters. The van der Waals surface area contributed by atoms with Crippen LogP contribution in [0.5, 0.6) is 0 Å². The second-order valence-electron chi connectivity index (χ2n) is 8.85. The fraction of sp³-hybridized carbons (Fsp3) is 0.304. The number of benzene rings is 1. The van der Waals surface area contributed by atoms with Gasteiger partial charge in [0, 0.05) is 36.8 Å². The maximum Gasteiger partial charge on any atom is 0.202 e. The predicted octanol–water partition coefficient (Wildman–Crippen LogP) is 3.28. The monoisotopic (exact) mass is 482 g/mol. The largest absolute Gasteiger partial charge is 0.382 e. The summed E-state index contributed by atoms with van der Waals surface area (Å²) in [6.07, 6.45) is 4.06. The SMILES string of the molecule is NC[C@]1(c2cccc(F)c2F)[C@@H]2CCN(c3cnc4c(-c5ccnc(N)c5Cl)[nH]nc4n3)C[C@@H]21. The minimum atomic E-state index is -0.840. The van der Waals surface area contributed by atoms with Gasteiger partial charge in [-0.15, -0.1) is 0 Å². The fourth-order valence-electron chi connectivity index (χ4n) is 5.64. The van der Waals surface area contributed by atoms with Gasteiger partial charge in [-0.25, -0.2) is 23.7 Å². The molecule has 5 N–H and O–H groups in total. The molecule has 6 rings (SSSR count). The van der Waals surface area contributed by atoms with Crippen LogP contribution < -0.4 is 16.4 Å². The Kier molecular flexibility index (Phi) is 4.72. The number of anilines is 2. The molecule has 0 radical (unpaired) electrons. The van der Waals surface area contributed by atoms with Crippen molar-refractivity contribution >= 4 is 34.4 Å². The van der Waals surface area contributed by atoms with Crippen LogP contribution in [-0.4, -0.2) is 44.8 Å². The number of fused-ring (bicyclic) bond motifs is 2. The third-order valence-corrected chi connectivity index (χ3v) is 7.78. The molecule has 174 valence electrons. The van der Waals surface area contributed by atoms with Crippen LogP contribution in [0.15, 0.2) is 36.7 Å². The molecule has 3 atom stereocenters. The van der Waals surface area contributed by atoms with Gasteiger partial charge in [-0.3, -0.25) is 5.10 Å². The van der Waals surface area contributed by atoms with Crippen LogP contribution in [0.3, 0.4) is 0 Å². The molecule has 3 aromatic heterocycles. The normalized spacial score (nSPS) is 23.8. The first-order valence-electron chi connectivity index (χ1n) is 11.0. The Balaban J connectivity index is 1.30. The number of aromatic amines is 1. The molecule has 8 nitrogen and oxygen atoms in total. The number of hydrogen-bond donors (Lipinski definition) is 3. The summed E-state index contributed by atoms with van der Waals surface area (Å²) in [6.45, 7) is 1.60. The summed E-state index contributed by atoms with van der Waals surface area (Å²) < 4.78 is 28.6. The second kappa shape index (κ2) is 7.57. The smallest absolute Gasteiger partial charge is 0.202 e. The Labute approximate surface area is 198 Å². The quantitative estimate of drug-likeness (QED) is 0.408. The van der Waals surface area contributed by atoms with Gasteiger partial charge in [0.15, 0.2) is 11.6 Å². The summed E-state index contributed by atoms with van der Waals surface area (Å²) >= 11 is 6.32. The Morgan fingerprint density at radius 2 is 2.06 bits per heavy atom. The number of nitrogens with zero attached hydrogens (tertiary/aromatic N) is 5. The summed E-state index contributed by atoms with van der Waals surface area (Å²) in [7, 11) is 0. The number of nitrogen functional groups attached to an aromatic ring is 1. The van der Waals surface area contributed by atoms with Crippen molar-refractivity contribution in [2.75, 3.05) is 30.3 Å². The number of hydrogen-bond acceptors (Lipinski definition) is 7. The Morgan fingerprint density at radius 1 is 1.21 bits per heavy atom. The molecule has 1 saturated carbocycles. The molecule has 2 fully saturated rings. The number of H-pyrrole nitrogens is 1. The highest BCUT2D eigenvalue weighted by molar-refractivity contribution is 6.35. The van der Waals surface area contributed by atoms with Gasteiger partial charge in [0.25, 0.3) is 0 Å². The standard InChI is InChI=1S/C23H21ClF2N8/c24-17-11(4-6-29-21(17)28)19-20-22(33-32-19)31-16(8-30-20)34-7-5-12-14(9-34)23(12,10-27)13-2-1-3-15(25)18(13)26/h1-4,6,8,12,14H,5,7,9-10,27H2,(H2,28,29)(H,31,32,33)/t12-,14+,23-/m1/s1. The molecule has 4 aromatic rings. The summed E-state index contributed by atoms with van der Waals surface area (Å²) in [5, 5.41) is 7.57. The third-order valence-electron chi connectivity index (χ3n) is 7.38. The number of nitrogens with one attached hydrogen (secondary N) is 1. The minimum absolute atomic E-state index is 0.105. The molecule has 1 aliphatic heterocycles. The van der Waals surface area contributed by atoms with E-state index in [1.165, 1.54) is 0 Å². The first kappa shape index (κ1) is 21.2. The molecule has 1 aromatic carbocycles. The van der Waals surface area contributed by atoms with Gasteiger partial charge in [0.2, 0.25) is 5.65 Å². The zero-order valence-corrected chi connectivity index (χ0v) is 18.7. The van der Waals surface area contributed by atoms with E-state index in [-0.39, 0.29) is 24.2 Å². The van der Waals surface area contributed by atoms with Gasteiger partial charge in [-0.2, -0.15) is 5.10 Å². The topological polar surface area (TPSA) is 123 Å². The van der Waals surface area contributed by atoms with Crippen molar-refractivity contribution in [3.8, 4) is 11.3 Å². The first-order valence-corrected chi connectivity index (χ1v) is 11.3. The molecule has 0 amide bonds. The summed E-state index contributed by atoms with van der Waals surface area (Å²) in [4.78, 5) is 15.4. The van der Waals surface area contributed by atoms with Crippen LogP contribution in [0.4, 0.5) is 20.4 Å². The lowest BCUT2D eigenvalue weighted by Crippen LogP contribution is -2.32. The fourth-order valence-corrected chi connectivity index (χ4v) is 5.85. The molecule has 4 heterocycles. The van der Waals surface area contributed by atoms with E-state index >= 15 is 0 Å². The lowest BCUT2D eigenvalue weighted by atomic mass is 9.90. The average Bonchev–Trinajstić information content (AvgIpc) is 3.31. The number of nitrogens with two attached hydrogens (primary N) is 2.